The van der Waals surface area contributed by atoms with Crippen LogP contribution in [0.2, 0.25) is 5.02 Å². The van der Waals surface area contributed by atoms with Crippen molar-refractivity contribution in [3.8, 4) is 0 Å². The van der Waals surface area contributed by atoms with Gasteiger partial charge in [-0.15, -0.1) is 0 Å². The van der Waals surface area contributed by atoms with Crippen LogP contribution in [0.3, 0.4) is 0 Å². The minimum atomic E-state index is -1.42. The first-order valence-corrected chi connectivity index (χ1v) is 5.37. The molecule has 5 heteroatoms. The smallest absolute Gasteiger partial charge is 0.262 e. The molecule has 0 unspecified atom stereocenters. The number of nitrogens with zero attached hydrogens (tertiary/aromatic N) is 1. The maximum atomic E-state index is 11.7. The van der Waals surface area contributed by atoms with Crippen molar-refractivity contribution in [2.45, 2.75) is 11.3 Å². The first-order chi connectivity index (χ1) is 6.82. The SMILES string of the molecule is CN(C(=O)C(C)(Cl)Cl)c1ccc(Cl)cc1. The molecule has 0 atom stereocenters. The van der Waals surface area contributed by atoms with Crippen molar-refractivity contribution >= 4 is 46.4 Å². The van der Waals surface area contributed by atoms with Gasteiger partial charge < -0.3 is 4.90 Å². The molecule has 15 heavy (non-hydrogen) atoms. The van der Waals surface area contributed by atoms with Crippen LogP contribution in [0, 0.1) is 0 Å². The van der Waals surface area contributed by atoms with E-state index in [0.717, 1.165) is 0 Å². The van der Waals surface area contributed by atoms with Crippen molar-refractivity contribution < 1.29 is 4.79 Å². The number of carbonyl (C=O) groups excluding carboxylic acids is 1. The molecule has 1 rings (SSSR count). The number of anilines is 1. The molecule has 0 fully saturated rings. The van der Waals surface area contributed by atoms with Crippen molar-refractivity contribution in [2.75, 3.05) is 11.9 Å². The molecule has 1 amide bonds. The summed E-state index contributed by atoms with van der Waals surface area (Å²) in [6.45, 7) is 1.44. The Labute approximate surface area is 104 Å². The Morgan fingerprint density at radius 3 is 2.13 bits per heavy atom. The number of hydrogen-bond acceptors (Lipinski definition) is 1. The van der Waals surface area contributed by atoms with Crippen molar-refractivity contribution in [3.63, 3.8) is 0 Å². The van der Waals surface area contributed by atoms with Crippen LogP contribution < -0.4 is 4.90 Å². The predicted molar refractivity (Wildman–Crippen MR) is 65.0 cm³/mol. The van der Waals surface area contributed by atoms with E-state index >= 15 is 0 Å². The minimum absolute atomic E-state index is 0.381. The van der Waals surface area contributed by atoms with Gasteiger partial charge in [-0.2, -0.15) is 0 Å². The van der Waals surface area contributed by atoms with Crippen LogP contribution in [0.15, 0.2) is 24.3 Å². The summed E-state index contributed by atoms with van der Waals surface area (Å²) in [5, 5.41) is 0.610. The lowest BCUT2D eigenvalue weighted by Gasteiger charge is -2.22. The Morgan fingerprint density at radius 2 is 1.73 bits per heavy atom. The number of halogens is 3. The van der Waals surface area contributed by atoms with Crippen LogP contribution >= 0.6 is 34.8 Å². The van der Waals surface area contributed by atoms with Crippen LogP contribution in [-0.4, -0.2) is 17.3 Å². The van der Waals surface area contributed by atoms with Crippen LogP contribution in [0.25, 0.3) is 0 Å². The normalized spacial score (nSPS) is 11.3. The molecule has 0 saturated heterocycles. The van der Waals surface area contributed by atoms with E-state index in [0.29, 0.717) is 10.7 Å². The fourth-order valence-electron chi connectivity index (χ4n) is 1.08. The number of carbonyl (C=O) groups is 1. The van der Waals surface area contributed by atoms with E-state index in [4.69, 9.17) is 34.8 Å². The van der Waals surface area contributed by atoms with Crippen molar-refractivity contribution in [3.05, 3.63) is 29.3 Å². The van der Waals surface area contributed by atoms with E-state index in [1.165, 1.54) is 11.8 Å². The molecule has 82 valence electrons. The van der Waals surface area contributed by atoms with Gasteiger partial charge in [-0.05, 0) is 31.2 Å². The maximum Gasteiger partial charge on any atom is 0.262 e. The quantitative estimate of drug-likeness (QED) is 0.750. The first-order valence-electron chi connectivity index (χ1n) is 4.24. The van der Waals surface area contributed by atoms with Crippen LogP contribution in [0.5, 0.6) is 0 Å². The zero-order valence-electron chi connectivity index (χ0n) is 8.30. The molecule has 0 spiro atoms. The average molecular weight is 267 g/mol. The standard InChI is InChI=1S/C10H10Cl3NO/c1-10(12,13)9(15)14(2)8-5-3-7(11)4-6-8/h3-6H,1-2H3. The van der Waals surface area contributed by atoms with Crippen LogP contribution in [0.4, 0.5) is 5.69 Å². The summed E-state index contributed by atoms with van der Waals surface area (Å²) in [5.41, 5.74) is 0.692. The number of alkyl halides is 2. The molecule has 0 aliphatic carbocycles. The molecule has 0 N–H and O–H groups in total. The summed E-state index contributed by atoms with van der Waals surface area (Å²) in [7, 11) is 1.61. The second-order valence-electron chi connectivity index (χ2n) is 3.23. The highest BCUT2D eigenvalue weighted by atomic mass is 35.5. The fourth-order valence-corrected chi connectivity index (χ4v) is 1.46. The predicted octanol–water partition coefficient (Wildman–Crippen LogP) is 3.50. The molecule has 0 aromatic heterocycles. The highest BCUT2D eigenvalue weighted by Gasteiger charge is 2.31. The van der Waals surface area contributed by atoms with Crippen LogP contribution in [0.1, 0.15) is 6.92 Å². The third-order valence-corrected chi connectivity index (χ3v) is 2.47. The molecule has 1 aromatic rings. The summed E-state index contributed by atoms with van der Waals surface area (Å²) in [4.78, 5) is 13.1. The molecule has 0 bridgehead atoms. The topological polar surface area (TPSA) is 20.3 Å². The summed E-state index contributed by atoms with van der Waals surface area (Å²) in [6, 6.07) is 6.83. The summed E-state index contributed by atoms with van der Waals surface area (Å²) in [5.74, 6) is -0.381. The van der Waals surface area contributed by atoms with E-state index in [1.807, 2.05) is 0 Å². The summed E-state index contributed by atoms with van der Waals surface area (Å²) in [6.07, 6.45) is 0. The Morgan fingerprint density at radius 1 is 1.27 bits per heavy atom. The monoisotopic (exact) mass is 265 g/mol. The lowest BCUT2D eigenvalue weighted by atomic mass is 10.3. The van der Waals surface area contributed by atoms with Gasteiger partial charge in [-0.25, -0.2) is 0 Å². The highest BCUT2D eigenvalue weighted by molar-refractivity contribution is 6.58. The summed E-state index contributed by atoms with van der Waals surface area (Å²) < 4.78 is -1.42. The highest BCUT2D eigenvalue weighted by Crippen LogP contribution is 2.25. The lowest BCUT2D eigenvalue weighted by molar-refractivity contribution is -0.118. The molecular formula is C10H10Cl3NO. The van der Waals surface area contributed by atoms with Crippen LogP contribution in [-0.2, 0) is 4.79 Å². The zero-order valence-corrected chi connectivity index (χ0v) is 10.6. The molecule has 0 saturated carbocycles. The Kier molecular flexibility index (Phi) is 3.87. The van der Waals surface area contributed by atoms with Gasteiger partial charge in [0.1, 0.15) is 0 Å². The van der Waals surface area contributed by atoms with Gasteiger partial charge in [0, 0.05) is 17.8 Å². The van der Waals surface area contributed by atoms with Gasteiger partial charge in [-0.3, -0.25) is 4.79 Å². The van der Waals surface area contributed by atoms with Gasteiger partial charge in [0.2, 0.25) is 0 Å². The van der Waals surface area contributed by atoms with E-state index in [1.54, 1.807) is 31.3 Å². The second-order valence-corrected chi connectivity index (χ2v) is 5.37. The van der Waals surface area contributed by atoms with E-state index < -0.39 is 4.33 Å². The summed E-state index contributed by atoms with van der Waals surface area (Å²) >= 11 is 17.1. The number of rotatable bonds is 2. The number of benzene rings is 1. The molecule has 0 aliphatic heterocycles. The van der Waals surface area contributed by atoms with Gasteiger partial charge in [-0.1, -0.05) is 34.8 Å². The minimum Gasteiger partial charge on any atom is -0.313 e. The first kappa shape index (κ1) is 12.6. The van der Waals surface area contributed by atoms with Crippen molar-refractivity contribution in [1.82, 2.24) is 0 Å². The third kappa shape index (κ3) is 3.26. The van der Waals surface area contributed by atoms with E-state index in [2.05, 4.69) is 0 Å². The average Bonchev–Trinajstić information content (AvgIpc) is 2.15. The molecule has 0 radical (unpaired) electrons. The zero-order chi connectivity index (χ0) is 11.6. The maximum absolute atomic E-state index is 11.7. The van der Waals surface area contributed by atoms with Crippen molar-refractivity contribution in [2.24, 2.45) is 0 Å². The lowest BCUT2D eigenvalue weighted by Crippen LogP contribution is -2.37. The molecular weight excluding hydrogens is 256 g/mol. The molecule has 0 heterocycles. The molecule has 1 aromatic carbocycles. The second kappa shape index (κ2) is 4.60. The van der Waals surface area contributed by atoms with Gasteiger partial charge >= 0.3 is 0 Å². The Balaban J connectivity index is 2.90. The third-order valence-electron chi connectivity index (χ3n) is 1.89. The van der Waals surface area contributed by atoms with Crippen molar-refractivity contribution in [1.29, 1.82) is 0 Å². The van der Waals surface area contributed by atoms with E-state index in [9.17, 15) is 4.79 Å². The fraction of sp³-hybridized carbons (Fsp3) is 0.300. The van der Waals surface area contributed by atoms with E-state index in [-0.39, 0.29) is 5.91 Å². The largest absolute Gasteiger partial charge is 0.313 e. The Hall–Kier alpha value is -0.440. The number of hydrogen-bond donors (Lipinski definition) is 0. The Bertz CT molecular complexity index is 356. The molecule has 0 aliphatic rings. The molecule has 2 nitrogen and oxygen atoms in total. The van der Waals surface area contributed by atoms with Gasteiger partial charge in [0.25, 0.3) is 5.91 Å². The van der Waals surface area contributed by atoms with Gasteiger partial charge in [0.15, 0.2) is 4.33 Å². The number of amides is 1. The van der Waals surface area contributed by atoms with Gasteiger partial charge in [0.05, 0.1) is 0 Å².